The third kappa shape index (κ3) is 2.83. The first-order valence-electron chi connectivity index (χ1n) is 5.05. The average molecular weight is 180 g/mol. The summed E-state index contributed by atoms with van der Waals surface area (Å²) in [7, 11) is 0. The molecule has 2 rings (SSSR count). The lowest BCUT2D eigenvalue weighted by Gasteiger charge is -1.95. The van der Waals surface area contributed by atoms with Crippen molar-refractivity contribution in [3.8, 4) is 0 Å². The molecule has 0 saturated carbocycles. The number of benzene rings is 1. The third-order valence-corrected chi connectivity index (χ3v) is 2.06. The summed E-state index contributed by atoms with van der Waals surface area (Å²) >= 11 is 0. The van der Waals surface area contributed by atoms with Gasteiger partial charge < -0.3 is 0 Å². The highest BCUT2D eigenvalue weighted by Gasteiger charge is 2.09. The summed E-state index contributed by atoms with van der Waals surface area (Å²) in [4.78, 5) is 0. The van der Waals surface area contributed by atoms with E-state index < -0.39 is 0 Å². The van der Waals surface area contributed by atoms with E-state index in [9.17, 15) is 4.39 Å². The van der Waals surface area contributed by atoms with E-state index in [2.05, 4.69) is 13.8 Å². The predicted molar refractivity (Wildman–Crippen MR) is 54.4 cm³/mol. The normalized spacial score (nSPS) is 13.2. The second-order valence-electron chi connectivity index (χ2n) is 3.47. The molecule has 0 radical (unpaired) electrons. The minimum atomic E-state index is -0.0966. The van der Waals surface area contributed by atoms with Crippen LogP contribution in [0.1, 0.15) is 37.8 Å². The van der Waals surface area contributed by atoms with Crippen LogP contribution in [0.25, 0.3) is 0 Å². The van der Waals surface area contributed by atoms with E-state index in [1.54, 1.807) is 12.1 Å². The van der Waals surface area contributed by atoms with Gasteiger partial charge in [0, 0.05) is 0 Å². The van der Waals surface area contributed by atoms with Gasteiger partial charge in [-0.3, -0.25) is 0 Å². The molecule has 0 heterocycles. The first kappa shape index (κ1) is 10.2. The zero-order chi connectivity index (χ0) is 9.68. The van der Waals surface area contributed by atoms with E-state index in [1.165, 1.54) is 24.0 Å². The van der Waals surface area contributed by atoms with Crippen molar-refractivity contribution >= 4 is 0 Å². The van der Waals surface area contributed by atoms with Crippen molar-refractivity contribution in [1.82, 2.24) is 0 Å². The predicted octanol–water partition coefficient (Wildman–Crippen LogP) is 3.73. The van der Waals surface area contributed by atoms with Crippen LogP contribution in [0.15, 0.2) is 18.2 Å². The highest BCUT2D eigenvalue weighted by Crippen LogP contribution is 2.21. The molecule has 0 nitrogen and oxygen atoms in total. The van der Waals surface area contributed by atoms with Gasteiger partial charge >= 0.3 is 0 Å². The van der Waals surface area contributed by atoms with Crippen LogP contribution in [0.2, 0.25) is 0 Å². The molecule has 1 aliphatic carbocycles. The van der Waals surface area contributed by atoms with Gasteiger partial charge in [0.05, 0.1) is 0 Å². The number of halogens is 1. The fourth-order valence-corrected chi connectivity index (χ4v) is 1.54. The number of hydrogen-bond acceptors (Lipinski definition) is 0. The van der Waals surface area contributed by atoms with Crippen LogP contribution < -0.4 is 0 Å². The van der Waals surface area contributed by atoms with Gasteiger partial charge in [0.15, 0.2) is 0 Å². The zero-order valence-electron chi connectivity index (χ0n) is 8.44. The van der Waals surface area contributed by atoms with E-state index in [-0.39, 0.29) is 5.82 Å². The van der Waals surface area contributed by atoms with Gasteiger partial charge in [-0.1, -0.05) is 26.3 Å². The maximum Gasteiger partial charge on any atom is 0.123 e. The van der Waals surface area contributed by atoms with Gasteiger partial charge in [-0.05, 0) is 42.5 Å². The van der Waals surface area contributed by atoms with Crippen molar-refractivity contribution in [2.75, 3.05) is 0 Å². The van der Waals surface area contributed by atoms with E-state index in [0.717, 1.165) is 12.8 Å². The molecule has 1 aromatic rings. The highest BCUT2D eigenvalue weighted by molar-refractivity contribution is 5.31. The summed E-state index contributed by atoms with van der Waals surface area (Å²) in [6.45, 7) is 4.25. The minimum absolute atomic E-state index is 0.0966. The van der Waals surface area contributed by atoms with E-state index in [0.29, 0.717) is 0 Å². The van der Waals surface area contributed by atoms with E-state index >= 15 is 0 Å². The maximum absolute atomic E-state index is 12.6. The van der Waals surface area contributed by atoms with Crippen molar-refractivity contribution in [3.05, 3.63) is 35.1 Å². The topological polar surface area (TPSA) is 0 Å². The molecule has 1 heteroatoms. The standard InChI is InChI=1S/C9H9F.C3H8/c10-9-5-4-7-2-1-3-8(7)6-9;1-3-2/h4-6H,1-3H2;3H2,1-2H3. The van der Waals surface area contributed by atoms with Crippen LogP contribution in [0.4, 0.5) is 4.39 Å². The fraction of sp³-hybridized carbons (Fsp3) is 0.500. The van der Waals surface area contributed by atoms with Crippen molar-refractivity contribution in [1.29, 1.82) is 0 Å². The monoisotopic (exact) mass is 180 g/mol. The van der Waals surface area contributed by atoms with Gasteiger partial charge in [0.1, 0.15) is 5.82 Å². The molecule has 0 amide bonds. The Bertz CT molecular complexity index is 266. The molecular formula is C12H17F. The van der Waals surface area contributed by atoms with Crippen LogP contribution in [-0.4, -0.2) is 0 Å². The Balaban J connectivity index is 0.000000251. The highest BCUT2D eigenvalue weighted by atomic mass is 19.1. The SMILES string of the molecule is CCC.Fc1ccc2c(c1)CCC2. The largest absolute Gasteiger partial charge is 0.207 e. The molecule has 0 fully saturated rings. The summed E-state index contributed by atoms with van der Waals surface area (Å²) in [6.07, 6.45) is 4.64. The molecule has 0 saturated heterocycles. The third-order valence-electron chi connectivity index (χ3n) is 2.06. The molecule has 0 unspecified atom stereocenters. The lowest BCUT2D eigenvalue weighted by atomic mass is 10.1. The molecule has 0 atom stereocenters. The van der Waals surface area contributed by atoms with Crippen LogP contribution in [-0.2, 0) is 12.8 Å². The van der Waals surface area contributed by atoms with Gasteiger partial charge in [-0.15, -0.1) is 0 Å². The second-order valence-corrected chi connectivity index (χ2v) is 3.47. The van der Waals surface area contributed by atoms with Gasteiger partial charge in [0.25, 0.3) is 0 Å². The van der Waals surface area contributed by atoms with Crippen molar-refractivity contribution in [2.24, 2.45) is 0 Å². The fourth-order valence-electron chi connectivity index (χ4n) is 1.54. The summed E-state index contributed by atoms with van der Waals surface area (Å²) in [6, 6.07) is 5.10. The Morgan fingerprint density at radius 1 is 1.15 bits per heavy atom. The Kier molecular flexibility index (Phi) is 3.94. The van der Waals surface area contributed by atoms with Crippen LogP contribution in [0.3, 0.4) is 0 Å². The molecule has 0 bridgehead atoms. The van der Waals surface area contributed by atoms with Crippen LogP contribution in [0, 0.1) is 5.82 Å². The number of fused-ring (bicyclic) bond motifs is 1. The zero-order valence-corrected chi connectivity index (χ0v) is 8.44. The average Bonchev–Trinajstić information content (AvgIpc) is 2.52. The van der Waals surface area contributed by atoms with Crippen molar-refractivity contribution in [2.45, 2.75) is 39.5 Å². The van der Waals surface area contributed by atoms with Crippen LogP contribution >= 0.6 is 0 Å². The quantitative estimate of drug-likeness (QED) is 0.570. The van der Waals surface area contributed by atoms with Crippen molar-refractivity contribution < 1.29 is 4.39 Å². The number of aryl methyl sites for hydroxylation is 2. The summed E-state index contributed by atoms with van der Waals surface area (Å²) in [5.41, 5.74) is 2.54. The summed E-state index contributed by atoms with van der Waals surface area (Å²) in [5, 5.41) is 0. The van der Waals surface area contributed by atoms with Crippen LogP contribution in [0.5, 0.6) is 0 Å². The molecule has 72 valence electrons. The van der Waals surface area contributed by atoms with E-state index in [1.807, 2.05) is 6.07 Å². The first-order chi connectivity index (χ1) is 6.27. The van der Waals surface area contributed by atoms with Gasteiger partial charge in [-0.2, -0.15) is 0 Å². The summed E-state index contributed by atoms with van der Waals surface area (Å²) in [5.74, 6) is -0.0966. The Morgan fingerprint density at radius 3 is 2.46 bits per heavy atom. The van der Waals surface area contributed by atoms with Crippen molar-refractivity contribution in [3.63, 3.8) is 0 Å². The summed E-state index contributed by atoms with van der Waals surface area (Å²) < 4.78 is 12.6. The molecule has 13 heavy (non-hydrogen) atoms. The Labute approximate surface area is 79.8 Å². The minimum Gasteiger partial charge on any atom is -0.207 e. The number of hydrogen-bond donors (Lipinski definition) is 0. The molecule has 0 aliphatic heterocycles. The van der Waals surface area contributed by atoms with E-state index in [4.69, 9.17) is 0 Å². The lowest BCUT2D eigenvalue weighted by molar-refractivity contribution is 0.626. The molecule has 1 aliphatic rings. The smallest absolute Gasteiger partial charge is 0.123 e. The molecule has 0 N–H and O–H groups in total. The Morgan fingerprint density at radius 2 is 1.77 bits per heavy atom. The number of rotatable bonds is 0. The van der Waals surface area contributed by atoms with Gasteiger partial charge in [0.2, 0.25) is 0 Å². The lowest BCUT2D eigenvalue weighted by Crippen LogP contribution is -1.82. The molecule has 1 aromatic carbocycles. The first-order valence-corrected chi connectivity index (χ1v) is 5.05. The molecular weight excluding hydrogens is 163 g/mol. The Hall–Kier alpha value is -0.850. The maximum atomic E-state index is 12.6. The second kappa shape index (κ2) is 5.00. The molecule has 0 aromatic heterocycles. The molecule has 0 spiro atoms. The van der Waals surface area contributed by atoms with Gasteiger partial charge in [-0.25, -0.2) is 4.39 Å².